The predicted molar refractivity (Wildman–Crippen MR) is 77.4 cm³/mol. The van der Waals surface area contributed by atoms with Crippen molar-refractivity contribution in [2.24, 2.45) is 0 Å². The summed E-state index contributed by atoms with van der Waals surface area (Å²) in [6, 6.07) is 7.39. The number of aromatic nitrogens is 1. The molecule has 3 nitrogen and oxygen atoms in total. The van der Waals surface area contributed by atoms with Gasteiger partial charge in [0.05, 0.1) is 0 Å². The Kier molecular flexibility index (Phi) is 4.47. The molecule has 1 aromatic carbocycles. The Hall–Kier alpha value is -1.94. The minimum absolute atomic E-state index is 0.363. The molecule has 4 heteroatoms. The maximum Gasteiger partial charge on any atom is 0.335 e. The highest BCUT2D eigenvalue weighted by atomic mass is 32.1. The van der Waals surface area contributed by atoms with Gasteiger partial charge in [0.2, 0.25) is 0 Å². The summed E-state index contributed by atoms with van der Waals surface area (Å²) in [5.41, 5.74) is 1.04. The topological polar surface area (TPSA) is 39.2 Å². The number of allylic oxidation sites excluding steroid dienone is 1. The lowest BCUT2D eigenvalue weighted by Crippen LogP contribution is -2.03. The third-order valence-corrected chi connectivity index (χ3v) is 3.72. The number of esters is 1. The largest absolute Gasteiger partial charge is 0.423 e. The summed E-state index contributed by atoms with van der Waals surface area (Å²) in [6.45, 7) is 3.89. The number of benzene rings is 1. The molecule has 0 aliphatic heterocycles. The van der Waals surface area contributed by atoms with E-state index in [2.05, 4.69) is 11.9 Å². The monoisotopic (exact) mass is 273 g/mol. The number of carbonyl (C=O) groups is 1. The van der Waals surface area contributed by atoms with Gasteiger partial charge in [-0.1, -0.05) is 13.0 Å². The summed E-state index contributed by atoms with van der Waals surface area (Å²) in [7, 11) is 0. The zero-order chi connectivity index (χ0) is 13.7. The number of nitrogens with zero attached hydrogens (tertiary/aromatic N) is 1. The molecule has 0 unspecified atom stereocenters. The van der Waals surface area contributed by atoms with Gasteiger partial charge in [-0.3, -0.25) is 0 Å². The van der Waals surface area contributed by atoms with Crippen LogP contribution < -0.4 is 4.74 Å². The Labute approximate surface area is 116 Å². The molecule has 2 rings (SSSR count). The first kappa shape index (κ1) is 13.5. The Bertz CT molecular complexity index is 584. The Balaban J connectivity index is 2.11. The van der Waals surface area contributed by atoms with Crippen molar-refractivity contribution in [2.45, 2.75) is 20.3 Å². The van der Waals surface area contributed by atoms with Gasteiger partial charge in [-0.2, -0.15) is 0 Å². The number of hydrogen-bond acceptors (Lipinski definition) is 4. The van der Waals surface area contributed by atoms with Crippen molar-refractivity contribution in [3.05, 3.63) is 47.5 Å². The first-order valence-electron chi connectivity index (χ1n) is 6.12. The average molecular weight is 273 g/mol. The highest BCUT2D eigenvalue weighted by Crippen LogP contribution is 2.27. The van der Waals surface area contributed by atoms with Crippen molar-refractivity contribution in [1.29, 1.82) is 0 Å². The van der Waals surface area contributed by atoms with Crippen molar-refractivity contribution < 1.29 is 9.53 Å². The molecule has 0 fully saturated rings. The normalized spacial score (nSPS) is 10.8. The van der Waals surface area contributed by atoms with Crippen molar-refractivity contribution >= 4 is 17.3 Å². The van der Waals surface area contributed by atoms with Crippen LogP contribution in [-0.4, -0.2) is 11.0 Å². The number of thiazole rings is 1. The van der Waals surface area contributed by atoms with Crippen LogP contribution in [0.3, 0.4) is 0 Å². The SMILES string of the molecule is CC=CC(=O)Oc1ccc(-c2ncc(CC)s2)cc1. The summed E-state index contributed by atoms with van der Waals surface area (Å²) in [4.78, 5) is 16.9. The van der Waals surface area contributed by atoms with Gasteiger partial charge in [0.15, 0.2) is 0 Å². The van der Waals surface area contributed by atoms with Gasteiger partial charge in [0.25, 0.3) is 0 Å². The minimum Gasteiger partial charge on any atom is -0.423 e. The molecule has 1 heterocycles. The molecule has 2 aromatic rings. The second kappa shape index (κ2) is 6.29. The van der Waals surface area contributed by atoms with Gasteiger partial charge >= 0.3 is 5.97 Å². The van der Waals surface area contributed by atoms with Crippen molar-refractivity contribution in [1.82, 2.24) is 4.98 Å². The van der Waals surface area contributed by atoms with E-state index in [1.54, 1.807) is 36.5 Å². The molecular formula is C15H15NO2S. The van der Waals surface area contributed by atoms with E-state index in [0.29, 0.717) is 5.75 Å². The fourth-order valence-corrected chi connectivity index (χ4v) is 2.41. The second-order valence-electron chi connectivity index (χ2n) is 3.93. The molecular weight excluding hydrogens is 258 g/mol. The summed E-state index contributed by atoms with van der Waals surface area (Å²) in [5.74, 6) is 0.178. The molecule has 0 amide bonds. The standard InChI is InChI=1S/C15H15NO2S/c1-3-5-14(17)18-12-8-6-11(7-9-12)15-16-10-13(4-2)19-15/h3,5-10H,4H2,1-2H3. The van der Waals surface area contributed by atoms with Gasteiger partial charge < -0.3 is 4.74 Å². The molecule has 0 N–H and O–H groups in total. The fraction of sp³-hybridized carbons (Fsp3) is 0.200. The van der Waals surface area contributed by atoms with E-state index in [0.717, 1.165) is 17.0 Å². The molecule has 0 aliphatic carbocycles. The second-order valence-corrected chi connectivity index (χ2v) is 5.05. The molecule has 19 heavy (non-hydrogen) atoms. The van der Waals surface area contributed by atoms with Crippen molar-refractivity contribution in [3.63, 3.8) is 0 Å². The van der Waals surface area contributed by atoms with Crippen LogP contribution in [0.4, 0.5) is 0 Å². The lowest BCUT2D eigenvalue weighted by atomic mass is 10.2. The van der Waals surface area contributed by atoms with Crippen molar-refractivity contribution in [2.75, 3.05) is 0 Å². The zero-order valence-electron chi connectivity index (χ0n) is 10.9. The molecule has 0 radical (unpaired) electrons. The number of carbonyl (C=O) groups excluding carboxylic acids is 1. The van der Waals surface area contributed by atoms with Crippen LogP contribution in [0.5, 0.6) is 5.75 Å². The van der Waals surface area contributed by atoms with Gasteiger partial charge in [-0.05, 0) is 37.6 Å². The van der Waals surface area contributed by atoms with Crippen LogP contribution in [0, 0.1) is 0 Å². The maximum absolute atomic E-state index is 11.3. The zero-order valence-corrected chi connectivity index (χ0v) is 11.7. The van der Waals surface area contributed by atoms with Crippen molar-refractivity contribution in [3.8, 4) is 16.3 Å². The number of hydrogen-bond donors (Lipinski definition) is 0. The van der Waals surface area contributed by atoms with Gasteiger partial charge in [0.1, 0.15) is 10.8 Å². The summed E-state index contributed by atoms with van der Waals surface area (Å²) < 4.78 is 5.13. The van der Waals surface area contributed by atoms with E-state index >= 15 is 0 Å². The van der Waals surface area contributed by atoms with E-state index < -0.39 is 0 Å². The lowest BCUT2D eigenvalue weighted by molar-refractivity contribution is -0.128. The molecule has 0 saturated heterocycles. The summed E-state index contributed by atoms with van der Waals surface area (Å²) in [5, 5.41) is 0.989. The number of rotatable bonds is 4. The molecule has 98 valence electrons. The van der Waals surface area contributed by atoms with Crippen LogP contribution in [-0.2, 0) is 11.2 Å². The Morgan fingerprint density at radius 2 is 2.11 bits per heavy atom. The van der Waals surface area contributed by atoms with Crippen LogP contribution in [0.2, 0.25) is 0 Å². The molecule has 0 atom stereocenters. The van der Waals surface area contributed by atoms with Crippen LogP contribution >= 0.6 is 11.3 Å². The van der Waals surface area contributed by atoms with Gasteiger partial charge in [-0.15, -0.1) is 11.3 Å². The first-order valence-corrected chi connectivity index (χ1v) is 6.94. The number of ether oxygens (including phenoxy) is 1. The lowest BCUT2D eigenvalue weighted by Gasteiger charge is -2.02. The smallest absolute Gasteiger partial charge is 0.335 e. The van der Waals surface area contributed by atoms with Crippen LogP contribution in [0.25, 0.3) is 10.6 Å². The summed E-state index contributed by atoms with van der Waals surface area (Å²) >= 11 is 1.68. The molecule has 0 aliphatic rings. The predicted octanol–water partition coefficient (Wildman–Crippen LogP) is 3.85. The average Bonchev–Trinajstić information content (AvgIpc) is 2.88. The van der Waals surface area contributed by atoms with Crippen LogP contribution in [0.15, 0.2) is 42.6 Å². The summed E-state index contributed by atoms with van der Waals surface area (Å²) in [6.07, 6.45) is 5.94. The highest BCUT2D eigenvalue weighted by Gasteiger charge is 2.05. The van der Waals surface area contributed by atoms with E-state index in [9.17, 15) is 4.79 Å². The maximum atomic E-state index is 11.3. The molecule has 0 spiro atoms. The first-order chi connectivity index (χ1) is 9.22. The minimum atomic E-state index is -0.363. The molecule has 0 saturated carbocycles. The highest BCUT2D eigenvalue weighted by molar-refractivity contribution is 7.15. The third kappa shape index (κ3) is 3.51. The van der Waals surface area contributed by atoms with E-state index in [-0.39, 0.29) is 5.97 Å². The fourth-order valence-electron chi connectivity index (χ4n) is 1.56. The molecule has 0 bridgehead atoms. The van der Waals surface area contributed by atoms with Gasteiger partial charge in [-0.25, -0.2) is 9.78 Å². The number of aryl methyl sites for hydroxylation is 1. The quantitative estimate of drug-likeness (QED) is 0.482. The van der Waals surface area contributed by atoms with E-state index in [1.807, 2.05) is 18.3 Å². The Morgan fingerprint density at radius 3 is 2.68 bits per heavy atom. The Morgan fingerprint density at radius 1 is 1.37 bits per heavy atom. The third-order valence-electron chi connectivity index (χ3n) is 2.52. The van der Waals surface area contributed by atoms with Gasteiger partial charge in [0, 0.05) is 22.7 Å². The van der Waals surface area contributed by atoms with E-state index in [1.165, 1.54) is 11.0 Å². The van der Waals surface area contributed by atoms with E-state index in [4.69, 9.17) is 4.74 Å². The molecule has 1 aromatic heterocycles. The van der Waals surface area contributed by atoms with Crippen LogP contribution in [0.1, 0.15) is 18.7 Å².